The Bertz CT molecular complexity index is 1610. The zero-order valence-electron chi connectivity index (χ0n) is 19.7. The van der Waals surface area contributed by atoms with Crippen molar-refractivity contribution in [2.75, 3.05) is 19.8 Å². The molecule has 0 bridgehead atoms. The molecule has 0 saturated heterocycles. The van der Waals surface area contributed by atoms with Crippen LogP contribution in [-0.4, -0.2) is 34.3 Å². The van der Waals surface area contributed by atoms with Crippen molar-refractivity contribution in [3.8, 4) is 28.5 Å². The molecular weight excluding hydrogens is 456 g/mol. The van der Waals surface area contributed by atoms with Crippen molar-refractivity contribution < 1.29 is 14.2 Å². The predicted octanol–water partition coefficient (Wildman–Crippen LogP) is 4.24. The third-order valence-electron chi connectivity index (χ3n) is 6.33. The van der Waals surface area contributed by atoms with Gasteiger partial charge >= 0.3 is 0 Å². The SMILES string of the molecule is NCCCn1cc(-c2nc3c4c(ccc3[nH]c2=O)OCCO4)c2ccc(OCc3ccccc3)cc21. The highest BCUT2D eigenvalue weighted by molar-refractivity contribution is 5.97. The van der Waals surface area contributed by atoms with E-state index in [4.69, 9.17) is 24.9 Å². The monoisotopic (exact) mass is 482 g/mol. The summed E-state index contributed by atoms with van der Waals surface area (Å²) < 4.78 is 19.7. The third-order valence-corrected chi connectivity index (χ3v) is 6.33. The average Bonchev–Trinajstić information content (AvgIpc) is 3.28. The number of nitrogens with two attached hydrogens (primary N) is 1. The standard InChI is InChI=1S/C28H26N4O4/c29-11-4-12-32-16-21(20-8-7-19(15-23(20)32)36-17-18-5-2-1-3-6-18)25-28(33)30-22-9-10-24-27(26(22)31-25)35-14-13-34-24/h1-3,5-10,15-16H,4,11-14,17,29H2,(H,30,33). The number of benzene rings is 3. The van der Waals surface area contributed by atoms with Gasteiger partial charge in [0.25, 0.3) is 5.56 Å². The highest BCUT2D eigenvalue weighted by Crippen LogP contribution is 2.37. The molecule has 0 aliphatic carbocycles. The second-order valence-corrected chi connectivity index (χ2v) is 8.73. The first kappa shape index (κ1) is 22.2. The van der Waals surface area contributed by atoms with Crippen molar-refractivity contribution in [2.45, 2.75) is 19.6 Å². The molecule has 1 aliphatic heterocycles. The van der Waals surface area contributed by atoms with Crippen molar-refractivity contribution in [3.05, 3.63) is 82.8 Å². The number of nitrogens with one attached hydrogen (secondary N) is 1. The number of hydrogen-bond acceptors (Lipinski definition) is 6. The molecule has 0 amide bonds. The van der Waals surface area contributed by atoms with Crippen molar-refractivity contribution in [1.29, 1.82) is 0 Å². The summed E-state index contributed by atoms with van der Waals surface area (Å²) in [4.78, 5) is 20.9. The summed E-state index contributed by atoms with van der Waals surface area (Å²) in [6.07, 6.45) is 2.77. The van der Waals surface area contributed by atoms with Gasteiger partial charge in [0.05, 0.1) is 11.0 Å². The Morgan fingerprint density at radius 2 is 1.92 bits per heavy atom. The number of fused-ring (bicyclic) bond motifs is 4. The number of ether oxygens (including phenoxy) is 3. The Labute approximate surface area is 207 Å². The van der Waals surface area contributed by atoms with Crippen molar-refractivity contribution >= 4 is 21.9 Å². The smallest absolute Gasteiger partial charge is 0.275 e. The third kappa shape index (κ3) is 4.05. The number of nitrogens with zero attached hydrogens (tertiary/aromatic N) is 2. The van der Waals surface area contributed by atoms with Gasteiger partial charge in [-0.2, -0.15) is 0 Å². The van der Waals surface area contributed by atoms with Gasteiger partial charge in [-0.1, -0.05) is 30.3 Å². The van der Waals surface area contributed by atoms with Gasteiger partial charge in [0.2, 0.25) is 0 Å². The van der Waals surface area contributed by atoms with Gasteiger partial charge in [-0.15, -0.1) is 0 Å². The van der Waals surface area contributed by atoms with E-state index in [1.807, 2.05) is 54.7 Å². The van der Waals surface area contributed by atoms with Gasteiger partial charge < -0.3 is 29.5 Å². The van der Waals surface area contributed by atoms with Crippen LogP contribution in [0.4, 0.5) is 0 Å². The average molecular weight is 483 g/mol. The van der Waals surface area contributed by atoms with Crippen LogP contribution in [0.1, 0.15) is 12.0 Å². The molecule has 0 fully saturated rings. The van der Waals surface area contributed by atoms with Crippen LogP contribution in [0.5, 0.6) is 17.2 Å². The summed E-state index contributed by atoms with van der Waals surface area (Å²) in [6.45, 7) is 2.68. The maximum Gasteiger partial charge on any atom is 0.275 e. The van der Waals surface area contributed by atoms with Gasteiger partial charge in [-0.3, -0.25) is 4.79 Å². The first-order valence-electron chi connectivity index (χ1n) is 12.0. The normalized spacial score (nSPS) is 12.8. The number of hydrogen-bond donors (Lipinski definition) is 2. The van der Waals surface area contributed by atoms with Crippen LogP contribution in [0.2, 0.25) is 0 Å². The Hall–Kier alpha value is -4.30. The largest absolute Gasteiger partial charge is 0.489 e. The molecule has 5 aromatic rings. The van der Waals surface area contributed by atoms with Crippen LogP contribution in [0.3, 0.4) is 0 Å². The van der Waals surface area contributed by atoms with Crippen LogP contribution >= 0.6 is 0 Å². The molecule has 8 nitrogen and oxygen atoms in total. The summed E-state index contributed by atoms with van der Waals surface area (Å²) in [6, 6.07) is 19.5. The second kappa shape index (κ2) is 9.39. The number of H-pyrrole nitrogens is 1. The lowest BCUT2D eigenvalue weighted by atomic mass is 10.1. The first-order valence-corrected chi connectivity index (χ1v) is 12.0. The number of aromatic nitrogens is 3. The fourth-order valence-corrected chi connectivity index (χ4v) is 4.58. The summed E-state index contributed by atoms with van der Waals surface area (Å²) >= 11 is 0. The molecule has 0 unspecified atom stereocenters. The van der Waals surface area contributed by atoms with Crippen molar-refractivity contribution in [3.63, 3.8) is 0 Å². The van der Waals surface area contributed by atoms with E-state index in [1.165, 1.54) is 0 Å². The van der Waals surface area contributed by atoms with Crippen LogP contribution in [0, 0.1) is 0 Å². The summed E-state index contributed by atoms with van der Waals surface area (Å²) in [5, 5.41) is 0.915. The van der Waals surface area contributed by atoms with E-state index in [0.29, 0.717) is 61.1 Å². The van der Waals surface area contributed by atoms with E-state index < -0.39 is 0 Å². The molecule has 1 aliphatic rings. The Kier molecular flexibility index (Phi) is 5.79. The highest BCUT2D eigenvalue weighted by Gasteiger charge is 2.21. The molecule has 0 atom stereocenters. The minimum Gasteiger partial charge on any atom is -0.489 e. The van der Waals surface area contributed by atoms with E-state index in [9.17, 15) is 4.79 Å². The van der Waals surface area contributed by atoms with E-state index in [2.05, 4.69) is 9.55 Å². The quantitative estimate of drug-likeness (QED) is 0.360. The lowest BCUT2D eigenvalue weighted by Gasteiger charge is -2.19. The molecule has 0 spiro atoms. The lowest BCUT2D eigenvalue weighted by molar-refractivity contribution is 0.173. The highest BCUT2D eigenvalue weighted by atomic mass is 16.6. The van der Waals surface area contributed by atoms with Crippen LogP contribution in [-0.2, 0) is 13.2 Å². The fraction of sp³-hybridized carbons (Fsp3) is 0.214. The van der Waals surface area contributed by atoms with Gasteiger partial charge in [0.15, 0.2) is 11.5 Å². The van der Waals surface area contributed by atoms with E-state index >= 15 is 0 Å². The summed E-state index contributed by atoms with van der Waals surface area (Å²) in [5.41, 5.74) is 9.85. The molecule has 3 N–H and O–H groups in total. The fourth-order valence-electron chi connectivity index (χ4n) is 4.58. The Morgan fingerprint density at radius 3 is 2.78 bits per heavy atom. The lowest BCUT2D eigenvalue weighted by Crippen LogP contribution is -2.17. The molecule has 3 aromatic carbocycles. The Morgan fingerprint density at radius 1 is 1.06 bits per heavy atom. The van der Waals surface area contributed by atoms with Gasteiger partial charge in [0, 0.05) is 29.8 Å². The van der Waals surface area contributed by atoms with E-state index in [1.54, 1.807) is 12.1 Å². The summed E-state index contributed by atoms with van der Waals surface area (Å²) in [7, 11) is 0. The molecule has 0 radical (unpaired) electrons. The van der Waals surface area contributed by atoms with Gasteiger partial charge in [0.1, 0.15) is 36.8 Å². The molecular formula is C28H26N4O4. The number of rotatable bonds is 7. The predicted molar refractivity (Wildman–Crippen MR) is 139 cm³/mol. The van der Waals surface area contributed by atoms with Crippen LogP contribution in [0.15, 0.2) is 71.7 Å². The first-order chi connectivity index (χ1) is 17.7. The second-order valence-electron chi connectivity index (χ2n) is 8.73. The zero-order valence-corrected chi connectivity index (χ0v) is 19.7. The van der Waals surface area contributed by atoms with Crippen molar-refractivity contribution in [2.24, 2.45) is 5.73 Å². The Balaban J connectivity index is 1.45. The van der Waals surface area contributed by atoms with Crippen LogP contribution < -0.4 is 25.5 Å². The van der Waals surface area contributed by atoms with Crippen LogP contribution in [0.25, 0.3) is 33.2 Å². The van der Waals surface area contributed by atoms with E-state index in [0.717, 1.165) is 34.2 Å². The number of aryl methyl sites for hydroxylation is 1. The minimum absolute atomic E-state index is 0.263. The number of aromatic amines is 1. The van der Waals surface area contributed by atoms with Crippen molar-refractivity contribution in [1.82, 2.24) is 14.5 Å². The maximum absolute atomic E-state index is 13.2. The molecule has 0 saturated carbocycles. The minimum atomic E-state index is -0.263. The molecule has 6 rings (SSSR count). The molecule has 182 valence electrons. The molecule has 36 heavy (non-hydrogen) atoms. The topological polar surface area (TPSA) is 104 Å². The maximum atomic E-state index is 13.2. The summed E-state index contributed by atoms with van der Waals surface area (Å²) in [5.74, 6) is 1.94. The van der Waals surface area contributed by atoms with Gasteiger partial charge in [-0.25, -0.2) is 4.98 Å². The molecule has 8 heteroatoms. The van der Waals surface area contributed by atoms with E-state index in [-0.39, 0.29) is 5.56 Å². The molecule has 3 heterocycles. The zero-order chi connectivity index (χ0) is 24.5. The molecule has 2 aromatic heterocycles. The van der Waals surface area contributed by atoms with Gasteiger partial charge in [-0.05, 0) is 42.8 Å².